The highest BCUT2D eigenvalue weighted by molar-refractivity contribution is 6.31. The summed E-state index contributed by atoms with van der Waals surface area (Å²) >= 11 is 11.6. The molecule has 5 nitrogen and oxygen atoms in total. The first-order chi connectivity index (χ1) is 13.1. The maximum absolute atomic E-state index is 14.1. The van der Waals surface area contributed by atoms with Gasteiger partial charge in [-0.25, -0.2) is 4.79 Å². The molecule has 1 atom stereocenters. The molecule has 0 aliphatic carbocycles. The van der Waals surface area contributed by atoms with Gasteiger partial charge in [0, 0.05) is 21.3 Å². The quantitative estimate of drug-likeness (QED) is 0.512. The zero-order chi connectivity index (χ0) is 20.9. The second-order valence-electron chi connectivity index (χ2n) is 5.57. The molecule has 0 radical (unpaired) electrons. The van der Waals surface area contributed by atoms with Gasteiger partial charge in [0.1, 0.15) is 0 Å². The van der Waals surface area contributed by atoms with Gasteiger partial charge in [-0.1, -0.05) is 35.3 Å². The molecule has 0 aliphatic rings. The first-order valence-corrected chi connectivity index (χ1v) is 8.70. The third kappa shape index (κ3) is 4.88. The zero-order valence-corrected chi connectivity index (χ0v) is 16.0. The number of amides is 1. The standard InChI is InChI=1S/C18H15Cl2F3N2O3/c1-2-28-16(27)17(18(21,22)23,24-14-8-4-7-13(20)10-14)25-15(26)11-5-3-6-12(19)9-11/h3-10,24H,2H2,1H3,(H,25,26)/t17-/m0/s1. The van der Waals surface area contributed by atoms with Crippen molar-refractivity contribution in [1.82, 2.24) is 5.32 Å². The summed E-state index contributed by atoms with van der Waals surface area (Å²) in [5.74, 6) is -2.90. The Morgan fingerprint density at radius 2 is 1.64 bits per heavy atom. The molecule has 0 aromatic heterocycles. The molecule has 10 heteroatoms. The summed E-state index contributed by atoms with van der Waals surface area (Å²) in [5, 5.41) is 4.01. The number of alkyl halides is 3. The third-order valence-electron chi connectivity index (χ3n) is 3.55. The molecule has 0 saturated heterocycles. The minimum Gasteiger partial charge on any atom is -0.463 e. The van der Waals surface area contributed by atoms with Crippen LogP contribution in [-0.4, -0.2) is 30.3 Å². The van der Waals surface area contributed by atoms with E-state index < -0.39 is 23.7 Å². The van der Waals surface area contributed by atoms with E-state index in [2.05, 4.69) is 4.74 Å². The number of anilines is 1. The lowest BCUT2D eigenvalue weighted by Gasteiger charge is -2.35. The molecule has 0 unspecified atom stereocenters. The van der Waals surface area contributed by atoms with Crippen molar-refractivity contribution in [3.05, 3.63) is 64.1 Å². The summed E-state index contributed by atoms with van der Waals surface area (Å²) in [6, 6.07) is 10.5. The Bertz CT molecular complexity index is 877. The van der Waals surface area contributed by atoms with E-state index in [4.69, 9.17) is 23.2 Å². The molecule has 0 heterocycles. The van der Waals surface area contributed by atoms with Crippen LogP contribution in [0.25, 0.3) is 0 Å². The first kappa shape index (κ1) is 21.8. The summed E-state index contributed by atoms with van der Waals surface area (Å²) in [5.41, 5.74) is -3.87. The van der Waals surface area contributed by atoms with E-state index in [0.717, 1.165) is 0 Å². The minimum absolute atomic E-state index is 0.131. The zero-order valence-electron chi connectivity index (χ0n) is 14.4. The second kappa shape index (κ2) is 8.70. The van der Waals surface area contributed by atoms with E-state index in [1.54, 1.807) is 5.32 Å². The fourth-order valence-corrected chi connectivity index (χ4v) is 2.67. The van der Waals surface area contributed by atoms with Crippen molar-refractivity contribution in [2.75, 3.05) is 11.9 Å². The van der Waals surface area contributed by atoms with Crippen LogP contribution in [0, 0.1) is 0 Å². The first-order valence-electron chi connectivity index (χ1n) is 7.95. The van der Waals surface area contributed by atoms with Crippen LogP contribution in [0.1, 0.15) is 17.3 Å². The molecule has 0 saturated carbocycles. The molecule has 0 aliphatic heterocycles. The number of rotatable bonds is 6. The average molecular weight is 435 g/mol. The Kier molecular flexibility index (Phi) is 6.79. The number of hydrogen-bond acceptors (Lipinski definition) is 4. The van der Waals surface area contributed by atoms with Crippen LogP contribution in [0.4, 0.5) is 18.9 Å². The smallest absolute Gasteiger partial charge is 0.441 e. The van der Waals surface area contributed by atoms with E-state index in [0.29, 0.717) is 0 Å². The number of nitrogens with one attached hydrogen (secondary N) is 2. The van der Waals surface area contributed by atoms with Crippen molar-refractivity contribution < 1.29 is 27.5 Å². The monoisotopic (exact) mass is 434 g/mol. The summed E-state index contributed by atoms with van der Waals surface area (Å²) in [4.78, 5) is 24.8. The van der Waals surface area contributed by atoms with Crippen LogP contribution in [0.5, 0.6) is 0 Å². The van der Waals surface area contributed by atoms with Gasteiger partial charge in [-0.2, -0.15) is 13.2 Å². The van der Waals surface area contributed by atoms with E-state index in [-0.39, 0.29) is 27.9 Å². The van der Waals surface area contributed by atoms with Crippen molar-refractivity contribution in [3.63, 3.8) is 0 Å². The Labute approximate surface area is 168 Å². The number of carbonyl (C=O) groups is 2. The summed E-state index contributed by atoms with van der Waals surface area (Å²) in [6.45, 7) is 1.01. The lowest BCUT2D eigenvalue weighted by molar-refractivity contribution is -0.204. The molecule has 2 N–H and O–H groups in total. The Morgan fingerprint density at radius 3 is 2.18 bits per heavy atom. The fraction of sp³-hybridized carbons (Fsp3) is 0.222. The molecule has 0 fully saturated rings. The molecular weight excluding hydrogens is 420 g/mol. The summed E-state index contributed by atoms with van der Waals surface area (Å²) in [6.07, 6.45) is -5.25. The van der Waals surface area contributed by atoms with Gasteiger partial charge in [0.05, 0.1) is 6.61 Å². The number of halogens is 5. The second-order valence-corrected chi connectivity index (χ2v) is 6.44. The van der Waals surface area contributed by atoms with Gasteiger partial charge >= 0.3 is 17.8 Å². The van der Waals surface area contributed by atoms with Crippen molar-refractivity contribution >= 4 is 40.8 Å². The maximum Gasteiger partial charge on any atom is 0.441 e. The highest BCUT2D eigenvalue weighted by atomic mass is 35.5. The summed E-state index contributed by atoms with van der Waals surface area (Å²) in [7, 11) is 0. The molecule has 150 valence electrons. The number of hydrogen-bond donors (Lipinski definition) is 2. The van der Waals surface area contributed by atoms with E-state index in [9.17, 15) is 22.8 Å². The van der Waals surface area contributed by atoms with Crippen molar-refractivity contribution in [2.45, 2.75) is 18.8 Å². The third-order valence-corrected chi connectivity index (χ3v) is 4.02. The van der Waals surface area contributed by atoms with E-state index in [1.807, 2.05) is 5.32 Å². The van der Waals surface area contributed by atoms with Gasteiger partial charge in [0.25, 0.3) is 5.91 Å². The van der Waals surface area contributed by atoms with Gasteiger partial charge in [-0.3, -0.25) is 4.79 Å². The Morgan fingerprint density at radius 1 is 1.04 bits per heavy atom. The summed E-state index contributed by atoms with van der Waals surface area (Å²) < 4.78 is 46.8. The minimum atomic E-state index is -5.25. The molecule has 28 heavy (non-hydrogen) atoms. The largest absolute Gasteiger partial charge is 0.463 e. The normalized spacial score (nSPS) is 13.4. The number of carbonyl (C=O) groups excluding carboxylic acids is 2. The number of ether oxygens (including phenoxy) is 1. The van der Waals surface area contributed by atoms with Crippen molar-refractivity contribution in [2.24, 2.45) is 0 Å². The van der Waals surface area contributed by atoms with Crippen molar-refractivity contribution in [3.8, 4) is 0 Å². The Hall–Kier alpha value is -2.45. The average Bonchev–Trinajstić information content (AvgIpc) is 2.60. The Balaban J connectivity index is 2.52. The van der Waals surface area contributed by atoms with Crippen LogP contribution in [-0.2, 0) is 9.53 Å². The van der Waals surface area contributed by atoms with Gasteiger partial charge in [0.2, 0.25) is 0 Å². The van der Waals surface area contributed by atoms with Crippen LogP contribution in [0.3, 0.4) is 0 Å². The highest BCUT2D eigenvalue weighted by Gasteiger charge is 2.63. The lowest BCUT2D eigenvalue weighted by Crippen LogP contribution is -2.69. The number of esters is 1. The molecular formula is C18H15Cl2F3N2O3. The lowest BCUT2D eigenvalue weighted by atomic mass is 10.1. The van der Waals surface area contributed by atoms with Gasteiger partial charge < -0.3 is 15.4 Å². The van der Waals surface area contributed by atoms with E-state index >= 15 is 0 Å². The van der Waals surface area contributed by atoms with Gasteiger partial charge in [0.15, 0.2) is 0 Å². The molecule has 2 aromatic carbocycles. The molecule has 0 spiro atoms. The van der Waals surface area contributed by atoms with Crippen LogP contribution in [0.15, 0.2) is 48.5 Å². The molecule has 1 amide bonds. The van der Waals surface area contributed by atoms with Crippen LogP contribution in [0.2, 0.25) is 10.0 Å². The van der Waals surface area contributed by atoms with Crippen LogP contribution < -0.4 is 10.6 Å². The van der Waals surface area contributed by atoms with Gasteiger partial charge in [-0.05, 0) is 43.3 Å². The molecule has 0 bridgehead atoms. The predicted molar refractivity (Wildman–Crippen MR) is 99.4 cm³/mol. The van der Waals surface area contributed by atoms with Gasteiger partial charge in [-0.15, -0.1) is 0 Å². The van der Waals surface area contributed by atoms with Crippen molar-refractivity contribution in [1.29, 1.82) is 0 Å². The molecule has 2 rings (SSSR count). The number of benzene rings is 2. The SMILES string of the molecule is CCOC(=O)[C@@](NC(=O)c1cccc(Cl)c1)(Nc1cccc(Cl)c1)C(F)(F)F. The predicted octanol–water partition coefficient (Wildman–Crippen LogP) is 4.66. The molecule has 2 aromatic rings. The van der Waals surface area contributed by atoms with E-state index in [1.165, 1.54) is 55.5 Å². The highest BCUT2D eigenvalue weighted by Crippen LogP contribution is 2.34. The van der Waals surface area contributed by atoms with Crippen LogP contribution >= 0.6 is 23.2 Å². The fourth-order valence-electron chi connectivity index (χ4n) is 2.29. The maximum atomic E-state index is 14.1. The topological polar surface area (TPSA) is 67.4 Å².